The molecule has 0 bridgehead atoms. The number of hydrogen-bond acceptors (Lipinski definition) is 6. The van der Waals surface area contributed by atoms with E-state index in [0.29, 0.717) is 18.2 Å². The second-order valence-corrected chi connectivity index (χ2v) is 5.63. The number of benzene rings is 1. The van der Waals surface area contributed by atoms with Gasteiger partial charge in [0.15, 0.2) is 0 Å². The van der Waals surface area contributed by atoms with E-state index in [2.05, 4.69) is 15.3 Å². The normalized spacial score (nSPS) is 17.3. The zero-order valence-electron chi connectivity index (χ0n) is 13.0. The van der Waals surface area contributed by atoms with Crippen molar-refractivity contribution in [2.45, 2.75) is 12.8 Å². The second kappa shape index (κ2) is 7.03. The number of non-ortho nitro benzene ring substituents is 1. The van der Waals surface area contributed by atoms with E-state index in [1.807, 2.05) is 4.90 Å². The summed E-state index contributed by atoms with van der Waals surface area (Å²) < 4.78 is 0. The molecule has 0 spiro atoms. The van der Waals surface area contributed by atoms with Gasteiger partial charge < -0.3 is 10.2 Å². The highest BCUT2D eigenvalue weighted by molar-refractivity contribution is 5.93. The van der Waals surface area contributed by atoms with Gasteiger partial charge in [0.2, 0.25) is 11.9 Å². The molecule has 2 heterocycles. The van der Waals surface area contributed by atoms with Crippen LogP contribution in [0.3, 0.4) is 0 Å². The van der Waals surface area contributed by atoms with Crippen LogP contribution in [0.25, 0.3) is 0 Å². The van der Waals surface area contributed by atoms with Gasteiger partial charge in [-0.25, -0.2) is 9.97 Å². The quantitative estimate of drug-likeness (QED) is 0.682. The SMILES string of the molecule is O=C(Nc1cccc([N+](=O)[O-])c1)C1CCCN(c2ncccn2)C1. The number of piperidine rings is 1. The highest BCUT2D eigenvalue weighted by Gasteiger charge is 2.27. The van der Waals surface area contributed by atoms with E-state index >= 15 is 0 Å². The maximum absolute atomic E-state index is 12.5. The third-order valence-corrected chi connectivity index (χ3v) is 3.95. The van der Waals surface area contributed by atoms with E-state index in [1.54, 1.807) is 30.6 Å². The topological polar surface area (TPSA) is 101 Å². The Morgan fingerprint density at radius 1 is 1.29 bits per heavy atom. The van der Waals surface area contributed by atoms with Crippen LogP contribution in [0, 0.1) is 16.0 Å². The van der Waals surface area contributed by atoms with Crippen molar-refractivity contribution in [2.75, 3.05) is 23.3 Å². The van der Waals surface area contributed by atoms with Crippen molar-refractivity contribution < 1.29 is 9.72 Å². The first-order chi connectivity index (χ1) is 11.6. The summed E-state index contributed by atoms with van der Waals surface area (Å²) in [6, 6.07) is 7.70. The molecule has 24 heavy (non-hydrogen) atoms. The van der Waals surface area contributed by atoms with Gasteiger partial charge in [0.05, 0.1) is 10.8 Å². The average Bonchev–Trinajstić information content (AvgIpc) is 2.63. The standard InChI is InChI=1S/C16H17N5O3/c22-15(19-13-5-1-6-14(10-13)21(23)24)12-4-2-9-20(11-12)16-17-7-3-8-18-16/h1,3,5-8,10,12H,2,4,9,11H2,(H,19,22). The third-order valence-electron chi connectivity index (χ3n) is 3.95. The average molecular weight is 327 g/mol. The van der Waals surface area contributed by atoms with Crippen LogP contribution in [0.4, 0.5) is 17.3 Å². The summed E-state index contributed by atoms with van der Waals surface area (Å²) in [4.78, 5) is 33.2. The van der Waals surface area contributed by atoms with Crippen LogP contribution in [0.5, 0.6) is 0 Å². The Balaban J connectivity index is 1.66. The molecule has 0 aliphatic carbocycles. The molecule has 1 fully saturated rings. The van der Waals surface area contributed by atoms with Gasteiger partial charge in [0.1, 0.15) is 0 Å². The highest BCUT2D eigenvalue weighted by Crippen LogP contribution is 2.23. The lowest BCUT2D eigenvalue weighted by molar-refractivity contribution is -0.384. The first-order valence-electron chi connectivity index (χ1n) is 7.71. The second-order valence-electron chi connectivity index (χ2n) is 5.63. The molecule has 124 valence electrons. The largest absolute Gasteiger partial charge is 0.340 e. The van der Waals surface area contributed by atoms with Gasteiger partial charge in [-0.1, -0.05) is 6.07 Å². The molecule has 1 aromatic carbocycles. The number of nitro benzene ring substituents is 1. The summed E-state index contributed by atoms with van der Waals surface area (Å²) in [6.45, 7) is 1.34. The molecule has 1 unspecified atom stereocenters. The van der Waals surface area contributed by atoms with Crippen molar-refractivity contribution in [1.29, 1.82) is 0 Å². The minimum Gasteiger partial charge on any atom is -0.340 e. The first-order valence-corrected chi connectivity index (χ1v) is 7.71. The van der Waals surface area contributed by atoms with Crippen molar-refractivity contribution in [3.8, 4) is 0 Å². The lowest BCUT2D eigenvalue weighted by Crippen LogP contribution is -2.41. The molecule has 0 saturated carbocycles. The number of rotatable bonds is 4. The lowest BCUT2D eigenvalue weighted by atomic mass is 9.97. The van der Waals surface area contributed by atoms with E-state index in [-0.39, 0.29) is 17.5 Å². The van der Waals surface area contributed by atoms with Gasteiger partial charge in [0.25, 0.3) is 5.69 Å². The van der Waals surface area contributed by atoms with Crippen LogP contribution in [0.15, 0.2) is 42.7 Å². The number of carbonyl (C=O) groups excluding carboxylic acids is 1. The number of anilines is 2. The molecule has 8 nitrogen and oxygen atoms in total. The Labute approximate surface area is 138 Å². The van der Waals surface area contributed by atoms with Gasteiger partial charge in [0, 0.05) is 43.3 Å². The molecule has 8 heteroatoms. The number of carbonyl (C=O) groups is 1. The van der Waals surface area contributed by atoms with Gasteiger partial charge >= 0.3 is 0 Å². The predicted octanol–water partition coefficient (Wildman–Crippen LogP) is 2.24. The molecule has 3 rings (SSSR count). The summed E-state index contributed by atoms with van der Waals surface area (Å²) in [5.74, 6) is 0.267. The summed E-state index contributed by atoms with van der Waals surface area (Å²) in [7, 11) is 0. The molecule has 0 radical (unpaired) electrons. The number of nitrogens with one attached hydrogen (secondary N) is 1. The maximum atomic E-state index is 12.5. The van der Waals surface area contributed by atoms with Gasteiger partial charge in [-0.2, -0.15) is 0 Å². The van der Waals surface area contributed by atoms with Crippen molar-refractivity contribution in [2.24, 2.45) is 5.92 Å². The van der Waals surface area contributed by atoms with Crippen LogP contribution >= 0.6 is 0 Å². The molecular weight excluding hydrogens is 310 g/mol. The summed E-state index contributed by atoms with van der Waals surface area (Å²) in [5.41, 5.74) is 0.387. The molecule has 1 saturated heterocycles. The van der Waals surface area contributed by atoms with E-state index in [4.69, 9.17) is 0 Å². The number of nitrogens with zero attached hydrogens (tertiary/aromatic N) is 4. The van der Waals surface area contributed by atoms with Crippen LogP contribution in [-0.2, 0) is 4.79 Å². The molecule has 1 aliphatic heterocycles. The van der Waals surface area contributed by atoms with Crippen molar-refractivity contribution in [3.63, 3.8) is 0 Å². The fourth-order valence-corrected chi connectivity index (χ4v) is 2.77. The molecule has 2 aromatic rings. The van der Waals surface area contributed by atoms with E-state index in [1.165, 1.54) is 12.1 Å². The molecular formula is C16H17N5O3. The minimum atomic E-state index is -0.481. The number of hydrogen-bond donors (Lipinski definition) is 1. The Kier molecular flexibility index (Phi) is 4.64. The molecule has 1 N–H and O–H groups in total. The fraction of sp³-hybridized carbons (Fsp3) is 0.312. The fourth-order valence-electron chi connectivity index (χ4n) is 2.77. The highest BCUT2D eigenvalue weighted by atomic mass is 16.6. The Morgan fingerprint density at radius 2 is 2.08 bits per heavy atom. The van der Waals surface area contributed by atoms with Crippen LogP contribution in [0.2, 0.25) is 0 Å². The Hall–Kier alpha value is -3.03. The van der Waals surface area contributed by atoms with Crippen LogP contribution < -0.4 is 10.2 Å². The van der Waals surface area contributed by atoms with Gasteiger partial charge in [-0.15, -0.1) is 0 Å². The van der Waals surface area contributed by atoms with E-state index < -0.39 is 4.92 Å². The van der Waals surface area contributed by atoms with Gasteiger partial charge in [-0.3, -0.25) is 14.9 Å². The maximum Gasteiger partial charge on any atom is 0.271 e. The van der Waals surface area contributed by atoms with E-state index in [0.717, 1.165) is 19.4 Å². The number of aromatic nitrogens is 2. The molecule has 1 aliphatic rings. The van der Waals surface area contributed by atoms with Crippen molar-refractivity contribution >= 4 is 23.2 Å². The summed E-state index contributed by atoms with van der Waals surface area (Å²) >= 11 is 0. The Bertz CT molecular complexity index is 738. The summed E-state index contributed by atoms with van der Waals surface area (Å²) in [5, 5.41) is 13.6. The van der Waals surface area contributed by atoms with Crippen molar-refractivity contribution in [3.05, 3.63) is 52.8 Å². The lowest BCUT2D eigenvalue weighted by Gasteiger charge is -2.31. The zero-order valence-corrected chi connectivity index (χ0v) is 13.0. The summed E-state index contributed by atoms with van der Waals surface area (Å²) in [6.07, 6.45) is 4.99. The van der Waals surface area contributed by atoms with Gasteiger partial charge in [-0.05, 0) is 25.0 Å². The predicted molar refractivity (Wildman–Crippen MR) is 88.7 cm³/mol. The molecule has 1 atom stereocenters. The minimum absolute atomic E-state index is 0.0456. The number of amides is 1. The monoisotopic (exact) mass is 327 g/mol. The first kappa shape index (κ1) is 15.9. The van der Waals surface area contributed by atoms with Crippen LogP contribution in [0.1, 0.15) is 12.8 Å². The van der Waals surface area contributed by atoms with E-state index in [9.17, 15) is 14.9 Å². The van der Waals surface area contributed by atoms with Crippen molar-refractivity contribution in [1.82, 2.24) is 9.97 Å². The molecule has 1 aromatic heterocycles. The zero-order chi connectivity index (χ0) is 16.9. The van der Waals surface area contributed by atoms with Crippen LogP contribution in [-0.4, -0.2) is 33.9 Å². The number of nitro groups is 1. The smallest absolute Gasteiger partial charge is 0.271 e. The molecule has 1 amide bonds. The third kappa shape index (κ3) is 3.65. The Morgan fingerprint density at radius 3 is 2.83 bits per heavy atom.